The first-order chi connectivity index (χ1) is 17.8. The molecule has 1 fully saturated rings. The number of hydrogen-bond donors (Lipinski definition) is 2. The van der Waals surface area contributed by atoms with Crippen LogP contribution in [0.1, 0.15) is 22.7 Å². The average molecular weight is 503 g/mol. The molecule has 2 amide bonds. The number of hydrogen-bond acceptors (Lipinski definition) is 8. The van der Waals surface area contributed by atoms with Crippen LogP contribution >= 0.6 is 0 Å². The summed E-state index contributed by atoms with van der Waals surface area (Å²) >= 11 is 0. The molecule has 1 aliphatic heterocycles. The maximum absolute atomic E-state index is 12.4. The van der Waals surface area contributed by atoms with Crippen LogP contribution in [0.25, 0.3) is 33.6 Å². The number of primary amides is 1. The second-order valence-electron chi connectivity index (χ2n) is 8.97. The number of ether oxygens (including phenoxy) is 1. The number of carbonyl (C=O) groups is 2. The van der Waals surface area contributed by atoms with Crippen LogP contribution in [-0.4, -0.2) is 69.1 Å². The summed E-state index contributed by atoms with van der Waals surface area (Å²) in [5, 5.41) is 19.3. The Kier molecular flexibility index (Phi) is 6.32. The zero-order chi connectivity index (χ0) is 26.2. The van der Waals surface area contributed by atoms with Crippen molar-refractivity contribution in [1.29, 1.82) is 0 Å². The number of nitrogens with zero attached hydrogens (tertiary/aromatic N) is 5. The summed E-state index contributed by atoms with van der Waals surface area (Å²) in [7, 11) is 3.26. The van der Waals surface area contributed by atoms with Crippen molar-refractivity contribution in [3.63, 3.8) is 0 Å². The summed E-state index contributed by atoms with van der Waals surface area (Å²) in [5.74, 6) is -0.968. The normalized spacial score (nSPS) is 17.5. The summed E-state index contributed by atoms with van der Waals surface area (Å²) in [6.45, 7) is 1.54. The Bertz CT molecular complexity index is 1480. The number of likely N-dealkylation sites (N-methyl/N-ethyl adjacent to an activating group) is 1. The fraction of sp³-hybridized carbons (Fsp3) is 0.269. The van der Waals surface area contributed by atoms with Crippen molar-refractivity contribution in [1.82, 2.24) is 24.8 Å². The molecule has 1 saturated heterocycles. The molecule has 3 N–H and O–H groups in total. The van der Waals surface area contributed by atoms with Gasteiger partial charge in [0.25, 0.3) is 11.8 Å². The van der Waals surface area contributed by atoms with Gasteiger partial charge in [-0.2, -0.15) is 5.10 Å². The summed E-state index contributed by atoms with van der Waals surface area (Å²) in [6, 6.07) is 12.4. The standard InChI is InChI=1S/C26H26N6O5/c1-31-7-6-26(35,25(31)34)23-13-21(30-37-23)17-5-3-4-16(10-17)20-11-18(12-22(29-20)24(27)33)19-14-28-32(15-19)8-9-36-2/h3-5,10-15,35H,6-9H2,1-2H3,(H2,27,33). The van der Waals surface area contributed by atoms with E-state index in [1.165, 1.54) is 4.90 Å². The number of carbonyl (C=O) groups excluding carboxylic acids is 2. The highest BCUT2D eigenvalue weighted by Gasteiger charge is 2.48. The van der Waals surface area contributed by atoms with Gasteiger partial charge in [-0.25, -0.2) is 4.98 Å². The van der Waals surface area contributed by atoms with Crippen molar-refractivity contribution < 1.29 is 24.0 Å². The predicted octanol–water partition coefficient (Wildman–Crippen LogP) is 2.06. The summed E-state index contributed by atoms with van der Waals surface area (Å²) < 4.78 is 12.2. The zero-order valence-electron chi connectivity index (χ0n) is 20.4. The molecular weight excluding hydrogens is 476 g/mol. The SMILES string of the molecule is COCCn1cc(-c2cc(C(N)=O)nc(-c3cccc(-c4cc(C5(O)CCN(C)C5=O)on4)c3)c2)cn1. The second-order valence-corrected chi connectivity index (χ2v) is 8.97. The highest BCUT2D eigenvalue weighted by molar-refractivity contribution is 5.93. The van der Waals surface area contributed by atoms with Crippen molar-refractivity contribution >= 4 is 11.8 Å². The van der Waals surface area contributed by atoms with E-state index in [1.807, 2.05) is 36.5 Å². The summed E-state index contributed by atoms with van der Waals surface area (Å²) in [5.41, 5.74) is 7.92. The Balaban J connectivity index is 1.49. The monoisotopic (exact) mass is 502 g/mol. The van der Waals surface area contributed by atoms with Gasteiger partial charge in [-0.1, -0.05) is 23.4 Å². The van der Waals surface area contributed by atoms with E-state index in [2.05, 4.69) is 15.2 Å². The first-order valence-electron chi connectivity index (χ1n) is 11.7. The average Bonchev–Trinajstić information content (AvgIpc) is 3.65. The van der Waals surface area contributed by atoms with Gasteiger partial charge < -0.3 is 25.0 Å². The van der Waals surface area contributed by atoms with Crippen molar-refractivity contribution in [2.45, 2.75) is 18.6 Å². The third-order valence-corrected chi connectivity index (χ3v) is 6.45. The van der Waals surface area contributed by atoms with E-state index in [0.29, 0.717) is 42.2 Å². The van der Waals surface area contributed by atoms with Crippen LogP contribution in [-0.2, 0) is 21.7 Å². The Labute approximate surface area is 212 Å². The third-order valence-electron chi connectivity index (χ3n) is 6.45. The molecule has 3 aromatic heterocycles. The van der Waals surface area contributed by atoms with E-state index in [9.17, 15) is 14.7 Å². The number of aliphatic hydroxyl groups is 1. The van der Waals surface area contributed by atoms with Crippen LogP contribution in [0.2, 0.25) is 0 Å². The Morgan fingerprint density at radius 1 is 1.16 bits per heavy atom. The fourth-order valence-corrected chi connectivity index (χ4v) is 4.32. The van der Waals surface area contributed by atoms with Crippen LogP contribution in [0.5, 0.6) is 0 Å². The minimum absolute atomic E-state index is 0.101. The number of likely N-dealkylation sites (tertiary alicyclic amines) is 1. The molecule has 1 atom stereocenters. The lowest BCUT2D eigenvalue weighted by Gasteiger charge is -2.16. The minimum Gasteiger partial charge on any atom is -0.383 e. The van der Waals surface area contributed by atoms with E-state index >= 15 is 0 Å². The van der Waals surface area contributed by atoms with Crippen molar-refractivity contribution in [3.05, 3.63) is 66.3 Å². The number of aromatic nitrogens is 4. The van der Waals surface area contributed by atoms with E-state index in [-0.39, 0.29) is 17.9 Å². The first-order valence-corrected chi connectivity index (χ1v) is 11.7. The Morgan fingerprint density at radius 3 is 2.65 bits per heavy atom. The number of nitrogens with two attached hydrogens (primary N) is 1. The highest BCUT2D eigenvalue weighted by Crippen LogP contribution is 2.35. The molecule has 11 heteroatoms. The molecule has 11 nitrogen and oxygen atoms in total. The zero-order valence-corrected chi connectivity index (χ0v) is 20.4. The molecule has 0 bridgehead atoms. The molecule has 5 rings (SSSR count). The van der Waals surface area contributed by atoms with Crippen LogP contribution in [0.15, 0.2) is 59.4 Å². The van der Waals surface area contributed by atoms with Crippen molar-refractivity contribution in [2.24, 2.45) is 5.73 Å². The molecule has 0 aliphatic carbocycles. The summed E-state index contributed by atoms with van der Waals surface area (Å²) in [4.78, 5) is 30.4. The Morgan fingerprint density at radius 2 is 1.95 bits per heavy atom. The molecule has 1 aromatic carbocycles. The summed E-state index contributed by atoms with van der Waals surface area (Å²) in [6.07, 6.45) is 3.80. The topological polar surface area (TPSA) is 150 Å². The van der Waals surface area contributed by atoms with Gasteiger partial charge >= 0.3 is 0 Å². The highest BCUT2D eigenvalue weighted by atomic mass is 16.5. The maximum Gasteiger partial charge on any atom is 0.267 e. The van der Waals surface area contributed by atoms with Crippen LogP contribution < -0.4 is 5.73 Å². The molecule has 1 unspecified atom stereocenters. The van der Waals surface area contributed by atoms with Crippen molar-refractivity contribution in [3.8, 4) is 33.6 Å². The number of pyridine rings is 1. The lowest BCUT2D eigenvalue weighted by molar-refractivity contribution is -0.144. The van der Waals surface area contributed by atoms with Gasteiger partial charge in [-0.3, -0.25) is 14.3 Å². The van der Waals surface area contributed by atoms with Crippen LogP contribution in [0.4, 0.5) is 0 Å². The largest absolute Gasteiger partial charge is 0.383 e. The van der Waals surface area contributed by atoms with Gasteiger partial charge in [0.1, 0.15) is 11.4 Å². The van der Waals surface area contributed by atoms with Gasteiger partial charge in [0.2, 0.25) is 5.60 Å². The van der Waals surface area contributed by atoms with Crippen LogP contribution in [0, 0.1) is 0 Å². The van der Waals surface area contributed by atoms with Gasteiger partial charge in [-0.05, 0) is 23.8 Å². The van der Waals surface area contributed by atoms with Gasteiger partial charge in [0.05, 0.1) is 25.0 Å². The molecule has 0 radical (unpaired) electrons. The smallest absolute Gasteiger partial charge is 0.267 e. The first kappa shape index (κ1) is 24.3. The quantitative estimate of drug-likeness (QED) is 0.372. The van der Waals surface area contributed by atoms with Gasteiger partial charge in [-0.15, -0.1) is 0 Å². The number of methoxy groups -OCH3 is 1. The van der Waals surface area contributed by atoms with Crippen LogP contribution in [0.3, 0.4) is 0 Å². The molecule has 37 heavy (non-hydrogen) atoms. The second kappa shape index (κ2) is 9.60. The number of benzene rings is 1. The minimum atomic E-state index is -1.72. The van der Waals surface area contributed by atoms with Gasteiger partial charge in [0, 0.05) is 56.1 Å². The Hall–Kier alpha value is -4.35. The molecule has 190 valence electrons. The maximum atomic E-state index is 12.4. The van der Waals surface area contributed by atoms with E-state index in [4.69, 9.17) is 15.0 Å². The molecule has 0 saturated carbocycles. The van der Waals surface area contributed by atoms with Gasteiger partial charge in [0.15, 0.2) is 5.76 Å². The fourth-order valence-electron chi connectivity index (χ4n) is 4.32. The van der Waals surface area contributed by atoms with E-state index in [0.717, 1.165) is 11.1 Å². The number of amides is 2. The van der Waals surface area contributed by atoms with E-state index in [1.54, 1.807) is 37.2 Å². The molecule has 4 aromatic rings. The predicted molar refractivity (Wildman–Crippen MR) is 133 cm³/mol. The van der Waals surface area contributed by atoms with E-state index < -0.39 is 17.4 Å². The lowest BCUT2D eigenvalue weighted by Crippen LogP contribution is -2.35. The van der Waals surface area contributed by atoms with Crippen molar-refractivity contribution in [2.75, 3.05) is 27.3 Å². The molecular formula is C26H26N6O5. The third kappa shape index (κ3) is 4.61. The molecule has 4 heterocycles. The lowest BCUT2D eigenvalue weighted by atomic mass is 9.97. The number of rotatable bonds is 8. The molecule has 0 spiro atoms. The molecule has 1 aliphatic rings.